The average molecular weight is 237 g/mol. The molecule has 15 heavy (non-hydrogen) atoms. The van der Waals surface area contributed by atoms with Crippen molar-refractivity contribution in [2.24, 2.45) is 0 Å². The van der Waals surface area contributed by atoms with Crippen molar-refractivity contribution in [2.45, 2.75) is 11.1 Å². The highest BCUT2D eigenvalue weighted by molar-refractivity contribution is 7.98. The quantitative estimate of drug-likeness (QED) is 0.450. The molecule has 0 saturated heterocycles. The van der Waals surface area contributed by atoms with E-state index in [1.807, 2.05) is 0 Å². The van der Waals surface area contributed by atoms with Gasteiger partial charge in [0.1, 0.15) is 5.56 Å². The molecule has 0 atom stereocenters. The molecule has 0 N–H and O–H groups in total. The maximum absolute atomic E-state index is 12.3. The molecule has 1 rings (SSSR count). The summed E-state index contributed by atoms with van der Waals surface area (Å²) < 4.78 is 37.0. The van der Waals surface area contributed by atoms with Gasteiger partial charge in [-0.2, -0.15) is 13.2 Å². The van der Waals surface area contributed by atoms with E-state index < -0.39 is 22.4 Å². The van der Waals surface area contributed by atoms with Gasteiger partial charge in [0, 0.05) is 11.0 Å². The van der Waals surface area contributed by atoms with E-state index >= 15 is 0 Å². The molecular formula is C8H6F3NO2S. The molecule has 7 heteroatoms. The molecule has 0 fully saturated rings. The van der Waals surface area contributed by atoms with Crippen molar-refractivity contribution in [1.82, 2.24) is 0 Å². The Hall–Kier alpha value is -1.24. The summed E-state index contributed by atoms with van der Waals surface area (Å²) in [5.74, 6) is 0. The number of thioether (sulfide) groups is 1. The van der Waals surface area contributed by atoms with Crippen LogP contribution in [0.25, 0.3) is 0 Å². The van der Waals surface area contributed by atoms with Crippen LogP contribution >= 0.6 is 11.8 Å². The Morgan fingerprint density at radius 2 is 2.00 bits per heavy atom. The fourth-order valence-electron chi connectivity index (χ4n) is 1.03. The SMILES string of the molecule is CSc1ccc(C(F)(F)F)c([N+](=O)[O-])c1. The highest BCUT2D eigenvalue weighted by Gasteiger charge is 2.38. The summed E-state index contributed by atoms with van der Waals surface area (Å²) in [4.78, 5) is 9.83. The van der Waals surface area contributed by atoms with Crippen LogP contribution in [0.1, 0.15) is 5.56 Å². The summed E-state index contributed by atoms with van der Waals surface area (Å²) in [6.07, 6.45) is -3.06. The van der Waals surface area contributed by atoms with Gasteiger partial charge in [0.05, 0.1) is 4.92 Å². The van der Waals surface area contributed by atoms with Gasteiger partial charge in [-0.1, -0.05) is 0 Å². The Kier molecular flexibility index (Phi) is 3.23. The van der Waals surface area contributed by atoms with Crippen LogP contribution in [0.3, 0.4) is 0 Å². The average Bonchev–Trinajstić information content (AvgIpc) is 2.15. The van der Waals surface area contributed by atoms with Crippen LogP contribution in [-0.2, 0) is 6.18 Å². The van der Waals surface area contributed by atoms with Gasteiger partial charge in [-0.25, -0.2) is 0 Å². The first-order valence-corrected chi connectivity index (χ1v) is 4.98. The normalized spacial score (nSPS) is 11.5. The highest BCUT2D eigenvalue weighted by atomic mass is 32.2. The lowest BCUT2D eigenvalue weighted by molar-refractivity contribution is -0.388. The molecule has 0 radical (unpaired) electrons. The molecular weight excluding hydrogens is 231 g/mol. The topological polar surface area (TPSA) is 43.1 Å². The predicted molar refractivity (Wildman–Crippen MR) is 49.9 cm³/mol. The Balaban J connectivity index is 3.34. The molecule has 0 heterocycles. The van der Waals surface area contributed by atoms with Gasteiger partial charge in [0.15, 0.2) is 0 Å². The number of nitrogens with zero attached hydrogens (tertiary/aromatic N) is 1. The first-order valence-electron chi connectivity index (χ1n) is 3.76. The summed E-state index contributed by atoms with van der Waals surface area (Å²) >= 11 is 1.15. The molecule has 3 nitrogen and oxygen atoms in total. The summed E-state index contributed by atoms with van der Waals surface area (Å²) in [6, 6.07) is 2.86. The second-order valence-electron chi connectivity index (χ2n) is 2.64. The van der Waals surface area contributed by atoms with E-state index in [9.17, 15) is 23.3 Å². The van der Waals surface area contributed by atoms with Crippen LogP contribution < -0.4 is 0 Å². The zero-order chi connectivity index (χ0) is 11.6. The third kappa shape index (κ3) is 2.62. The smallest absolute Gasteiger partial charge is 0.258 e. The van der Waals surface area contributed by atoms with Crippen LogP contribution in [0.15, 0.2) is 23.1 Å². The van der Waals surface area contributed by atoms with E-state index in [0.717, 1.165) is 23.9 Å². The molecule has 0 amide bonds. The zero-order valence-electron chi connectivity index (χ0n) is 7.54. The molecule has 82 valence electrons. The van der Waals surface area contributed by atoms with Gasteiger partial charge in [0.25, 0.3) is 5.69 Å². The van der Waals surface area contributed by atoms with Gasteiger partial charge in [0.2, 0.25) is 0 Å². The minimum absolute atomic E-state index is 0.426. The molecule has 0 bridgehead atoms. The van der Waals surface area contributed by atoms with Gasteiger partial charge in [-0.3, -0.25) is 10.1 Å². The molecule has 1 aromatic rings. The van der Waals surface area contributed by atoms with Crippen molar-refractivity contribution in [3.8, 4) is 0 Å². The van der Waals surface area contributed by atoms with Crippen molar-refractivity contribution >= 4 is 17.4 Å². The lowest BCUT2D eigenvalue weighted by Crippen LogP contribution is -2.08. The molecule has 0 aromatic heterocycles. The largest absolute Gasteiger partial charge is 0.422 e. The van der Waals surface area contributed by atoms with Gasteiger partial charge in [-0.15, -0.1) is 11.8 Å². The number of halogens is 3. The summed E-state index contributed by atoms with van der Waals surface area (Å²) in [7, 11) is 0. The maximum Gasteiger partial charge on any atom is 0.422 e. The number of rotatable bonds is 2. The van der Waals surface area contributed by atoms with Crippen LogP contribution in [0.4, 0.5) is 18.9 Å². The summed E-state index contributed by atoms with van der Waals surface area (Å²) in [5, 5.41) is 10.4. The second-order valence-corrected chi connectivity index (χ2v) is 3.52. The lowest BCUT2D eigenvalue weighted by Gasteiger charge is -2.07. The van der Waals surface area contributed by atoms with Crippen molar-refractivity contribution in [2.75, 3.05) is 6.26 Å². The first kappa shape index (κ1) is 11.8. The number of nitro benzene ring substituents is 1. The van der Waals surface area contributed by atoms with Gasteiger partial charge < -0.3 is 0 Å². The Morgan fingerprint density at radius 3 is 2.40 bits per heavy atom. The highest BCUT2D eigenvalue weighted by Crippen LogP contribution is 2.37. The number of benzene rings is 1. The number of hydrogen-bond donors (Lipinski definition) is 0. The minimum atomic E-state index is -4.70. The van der Waals surface area contributed by atoms with Crippen molar-refractivity contribution < 1.29 is 18.1 Å². The van der Waals surface area contributed by atoms with Gasteiger partial charge >= 0.3 is 6.18 Å². The summed E-state index contributed by atoms with van der Waals surface area (Å²) in [6.45, 7) is 0. The Bertz CT molecular complexity index is 392. The van der Waals surface area contributed by atoms with Crippen LogP contribution in [0, 0.1) is 10.1 Å². The van der Waals surface area contributed by atoms with E-state index in [-0.39, 0.29) is 0 Å². The maximum atomic E-state index is 12.3. The fraction of sp³-hybridized carbons (Fsp3) is 0.250. The summed E-state index contributed by atoms with van der Waals surface area (Å²) in [5.41, 5.74) is -2.13. The monoisotopic (exact) mass is 237 g/mol. The van der Waals surface area contributed by atoms with Crippen LogP contribution in [0.5, 0.6) is 0 Å². The van der Waals surface area contributed by atoms with Gasteiger partial charge in [-0.05, 0) is 18.4 Å². The lowest BCUT2D eigenvalue weighted by atomic mass is 10.2. The number of nitro groups is 1. The molecule has 0 aliphatic heterocycles. The Morgan fingerprint density at radius 1 is 1.40 bits per heavy atom. The molecule has 0 saturated carbocycles. The van der Waals surface area contributed by atoms with Crippen molar-refractivity contribution in [3.05, 3.63) is 33.9 Å². The standard InChI is InChI=1S/C8H6F3NO2S/c1-15-5-2-3-6(8(9,10)11)7(4-5)12(13)14/h2-4H,1H3. The zero-order valence-corrected chi connectivity index (χ0v) is 8.35. The second kappa shape index (κ2) is 4.09. The Labute approximate surface area is 87.4 Å². The van der Waals surface area contributed by atoms with Crippen LogP contribution in [-0.4, -0.2) is 11.2 Å². The third-order valence-corrected chi connectivity index (χ3v) is 2.43. The van der Waals surface area contributed by atoms with Crippen LogP contribution in [0.2, 0.25) is 0 Å². The first-order chi connectivity index (χ1) is 6.86. The number of hydrogen-bond acceptors (Lipinski definition) is 3. The van der Waals surface area contributed by atoms with E-state index in [1.54, 1.807) is 6.26 Å². The molecule has 0 spiro atoms. The van der Waals surface area contributed by atoms with Crippen molar-refractivity contribution in [1.29, 1.82) is 0 Å². The predicted octanol–water partition coefficient (Wildman–Crippen LogP) is 3.34. The fourth-order valence-corrected chi connectivity index (χ4v) is 1.46. The molecule has 0 aliphatic rings. The minimum Gasteiger partial charge on any atom is -0.258 e. The molecule has 0 unspecified atom stereocenters. The molecule has 1 aromatic carbocycles. The third-order valence-electron chi connectivity index (χ3n) is 1.71. The van der Waals surface area contributed by atoms with E-state index in [4.69, 9.17) is 0 Å². The van der Waals surface area contributed by atoms with E-state index in [0.29, 0.717) is 4.90 Å². The number of alkyl halides is 3. The van der Waals surface area contributed by atoms with E-state index in [1.165, 1.54) is 6.07 Å². The van der Waals surface area contributed by atoms with E-state index in [2.05, 4.69) is 0 Å². The van der Waals surface area contributed by atoms with Crippen molar-refractivity contribution in [3.63, 3.8) is 0 Å². The molecule has 0 aliphatic carbocycles.